The topological polar surface area (TPSA) is 47.4 Å². The third-order valence-corrected chi connectivity index (χ3v) is 3.36. The minimum absolute atomic E-state index is 0.0949. The van der Waals surface area contributed by atoms with Crippen molar-refractivity contribution in [2.45, 2.75) is 25.7 Å². The Balaban J connectivity index is 1.94. The highest BCUT2D eigenvalue weighted by Gasteiger charge is 2.25. The summed E-state index contributed by atoms with van der Waals surface area (Å²) in [5.74, 6) is 0.461. The van der Waals surface area contributed by atoms with Gasteiger partial charge in [0.15, 0.2) is 0 Å². The van der Waals surface area contributed by atoms with Crippen LogP contribution in [0.25, 0.3) is 0 Å². The molecule has 18 heavy (non-hydrogen) atoms. The second kappa shape index (κ2) is 6.00. The zero-order chi connectivity index (χ0) is 13.0. The van der Waals surface area contributed by atoms with Gasteiger partial charge in [-0.05, 0) is 25.8 Å². The summed E-state index contributed by atoms with van der Waals surface area (Å²) >= 11 is 0. The van der Waals surface area contributed by atoms with Crippen molar-refractivity contribution in [2.75, 3.05) is 26.3 Å². The lowest BCUT2D eigenvalue weighted by molar-refractivity contribution is -0.137. The van der Waals surface area contributed by atoms with E-state index in [0.29, 0.717) is 12.5 Å². The Morgan fingerprint density at radius 2 is 2.44 bits per heavy atom. The van der Waals surface area contributed by atoms with Gasteiger partial charge < -0.3 is 9.64 Å². The van der Waals surface area contributed by atoms with Gasteiger partial charge in [0.05, 0.1) is 5.69 Å². The fourth-order valence-electron chi connectivity index (χ4n) is 2.38. The van der Waals surface area contributed by atoms with E-state index in [1.807, 2.05) is 35.8 Å². The summed E-state index contributed by atoms with van der Waals surface area (Å²) in [6, 6.07) is 2.04. The Morgan fingerprint density at radius 1 is 1.61 bits per heavy atom. The van der Waals surface area contributed by atoms with Crippen molar-refractivity contribution in [3.8, 4) is 0 Å². The smallest absolute Gasteiger partial charge is 0.248 e. The van der Waals surface area contributed by atoms with Crippen molar-refractivity contribution >= 4 is 5.91 Å². The Kier molecular flexibility index (Phi) is 4.36. The number of carbonyl (C=O) groups excluding carboxylic acids is 1. The van der Waals surface area contributed by atoms with Crippen LogP contribution in [-0.4, -0.2) is 46.9 Å². The molecule has 1 atom stereocenters. The van der Waals surface area contributed by atoms with Crippen molar-refractivity contribution in [1.29, 1.82) is 0 Å². The third-order valence-electron chi connectivity index (χ3n) is 3.36. The van der Waals surface area contributed by atoms with E-state index in [1.165, 1.54) is 0 Å². The van der Waals surface area contributed by atoms with Gasteiger partial charge in [-0.3, -0.25) is 9.48 Å². The van der Waals surface area contributed by atoms with Crippen LogP contribution < -0.4 is 0 Å². The van der Waals surface area contributed by atoms with E-state index in [1.54, 1.807) is 0 Å². The van der Waals surface area contributed by atoms with E-state index in [0.717, 1.165) is 31.6 Å². The lowest BCUT2D eigenvalue weighted by Gasteiger charge is -2.31. The molecule has 1 unspecified atom stereocenters. The number of hydrogen-bond donors (Lipinski definition) is 0. The van der Waals surface area contributed by atoms with Crippen LogP contribution in [0, 0.1) is 0 Å². The molecule has 5 heteroatoms. The van der Waals surface area contributed by atoms with Crippen LogP contribution >= 0.6 is 0 Å². The largest absolute Gasteiger partial charge is 0.372 e. The van der Waals surface area contributed by atoms with Gasteiger partial charge in [0.25, 0.3) is 0 Å². The third kappa shape index (κ3) is 3.10. The molecule has 2 heterocycles. The average Bonchev–Trinajstić information content (AvgIpc) is 2.83. The van der Waals surface area contributed by atoms with E-state index in [-0.39, 0.29) is 12.5 Å². The summed E-state index contributed by atoms with van der Waals surface area (Å²) in [5.41, 5.74) is 1.09. The van der Waals surface area contributed by atoms with Gasteiger partial charge in [0, 0.05) is 38.9 Å². The molecule has 0 spiro atoms. The van der Waals surface area contributed by atoms with Crippen LogP contribution in [0.1, 0.15) is 31.4 Å². The summed E-state index contributed by atoms with van der Waals surface area (Å²) in [6.45, 7) is 4.30. The fraction of sp³-hybridized carbons (Fsp3) is 0.692. The van der Waals surface area contributed by atoms with E-state index < -0.39 is 0 Å². The van der Waals surface area contributed by atoms with Crippen molar-refractivity contribution in [1.82, 2.24) is 14.7 Å². The molecular formula is C13H21N3O2. The maximum Gasteiger partial charge on any atom is 0.248 e. The van der Waals surface area contributed by atoms with E-state index in [4.69, 9.17) is 4.74 Å². The molecule has 100 valence electrons. The number of carbonyl (C=O) groups is 1. The minimum Gasteiger partial charge on any atom is -0.372 e. The van der Waals surface area contributed by atoms with Gasteiger partial charge in [0.1, 0.15) is 6.61 Å². The number of rotatable bonds is 4. The molecule has 1 fully saturated rings. The molecular weight excluding hydrogens is 230 g/mol. The number of nitrogens with zero attached hydrogens (tertiary/aromatic N) is 3. The number of ether oxygens (including phenoxy) is 1. The van der Waals surface area contributed by atoms with E-state index in [9.17, 15) is 4.79 Å². The first-order chi connectivity index (χ1) is 8.70. The van der Waals surface area contributed by atoms with E-state index in [2.05, 4.69) is 5.10 Å². The SMILES string of the molecule is CCOCC(=O)N1CCCC(c2ccn(C)n2)C1. The average molecular weight is 251 g/mol. The zero-order valence-corrected chi connectivity index (χ0v) is 11.1. The first-order valence-electron chi connectivity index (χ1n) is 6.55. The van der Waals surface area contributed by atoms with Crippen LogP contribution in [0.3, 0.4) is 0 Å². The van der Waals surface area contributed by atoms with Crippen LogP contribution in [0.4, 0.5) is 0 Å². The lowest BCUT2D eigenvalue weighted by atomic mass is 9.95. The Morgan fingerprint density at radius 3 is 3.11 bits per heavy atom. The molecule has 0 aromatic carbocycles. The number of hydrogen-bond acceptors (Lipinski definition) is 3. The van der Waals surface area contributed by atoms with Crippen LogP contribution in [0.15, 0.2) is 12.3 Å². The Bertz CT molecular complexity index is 403. The normalized spacial score (nSPS) is 20.1. The predicted molar refractivity (Wildman–Crippen MR) is 68.3 cm³/mol. The standard InChI is InChI=1S/C13H21N3O2/c1-3-18-10-13(17)16-7-4-5-11(9-16)12-6-8-15(2)14-12/h6,8,11H,3-5,7,9-10H2,1-2H3. The number of aromatic nitrogens is 2. The maximum absolute atomic E-state index is 11.9. The summed E-state index contributed by atoms with van der Waals surface area (Å²) in [7, 11) is 1.92. The van der Waals surface area contributed by atoms with Crippen molar-refractivity contribution in [3.05, 3.63) is 18.0 Å². The first-order valence-corrected chi connectivity index (χ1v) is 6.55. The maximum atomic E-state index is 11.9. The molecule has 0 radical (unpaired) electrons. The second-order valence-corrected chi connectivity index (χ2v) is 4.73. The number of piperidine rings is 1. The molecule has 1 aliphatic rings. The molecule has 5 nitrogen and oxygen atoms in total. The van der Waals surface area contributed by atoms with Gasteiger partial charge in [-0.15, -0.1) is 0 Å². The molecule has 1 aromatic rings. The molecule has 1 amide bonds. The second-order valence-electron chi connectivity index (χ2n) is 4.73. The highest BCUT2D eigenvalue weighted by atomic mass is 16.5. The minimum atomic E-state index is 0.0949. The number of amides is 1. The molecule has 2 rings (SSSR count). The summed E-state index contributed by atoms with van der Waals surface area (Å²) in [4.78, 5) is 13.8. The Labute approximate surface area is 108 Å². The van der Waals surface area contributed by atoms with Crippen molar-refractivity contribution < 1.29 is 9.53 Å². The monoisotopic (exact) mass is 251 g/mol. The van der Waals surface area contributed by atoms with Crippen LogP contribution in [-0.2, 0) is 16.6 Å². The van der Waals surface area contributed by atoms with Gasteiger partial charge in [-0.1, -0.05) is 0 Å². The Hall–Kier alpha value is -1.36. The molecule has 1 aliphatic heterocycles. The number of aryl methyl sites for hydroxylation is 1. The first kappa shape index (κ1) is 13.1. The van der Waals surface area contributed by atoms with Gasteiger partial charge in [-0.2, -0.15) is 5.10 Å². The zero-order valence-electron chi connectivity index (χ0n) is 11.1. The summed E-state index contributed by atoms with van der Waals surface area (Å²) in [5, 5.41) is 4.44. The molecule has 0 saturated carbocycles. The van der Waals surface area contributed by atoms with Gasteiger partial charge in [0.2, 0.25) is 5.91 Å². The molecule has 1 saturated heterocycles. The highest BCUT2D eigenvalue weighted by Crippen LogP contribution is 2.25. The fourth-order valence-corrected chi connectivity index (χ4v) is 2.38. The molecule has 1 aromatic heterocycles. The van der Waals surface area contributed by atoms with Crippen molar-refractivity contribution in [2.24, 2.45) is 7.05 Å². The molecule has 0 aliphatic carbocycles. The molecule has 0 N–H and O–H groups in total. The van der Waals surface area contributed by atoms with Gasteiger partial charge in [-0.25, -0.2) is 0 Å². The quantitative estimate of drug-likeness (QED) is 0.807. The van der Waals surface area contributed by atoms with Crippen molar-refractivity contribution in [3.63, 3.8) is 0 Å². The predicted octanol–water partition coefficient (Wildman–Crippen LogP) is 1.16. The lowest BCUT2D eigenvalue weighted by Crippen LogP contribution is -2.41. The summed E-state index contributed by atoms with van der Waals surface area (Å²) in [6.07, 6.45) is 4.10. The van der Waals surface area contributed by atoms with Gasteiger partial charge >= 0.3 is 0 Å². The highest BCUT2D eigenvalue weighted by molar-refractivity contribution is 5.77. The van der Waals surface area contributed by atoms with Crippen LogP contribution in [0.5, 0.6) is 0 Å². The molecule has 0 bridgehead atoms. The summed E-state index contributed by atoms with van der Waals surface area (Å²) < 4.78 is 7.00. The van der Waals surface area contributed by atoms with E-state index >= 15 is 0 Å². The number of likely N-dealkylation sites (tertiary alicyclic amines) is 1. The van der Waals surface area contributed by atoms with Crippen LogP contribution in [0.2, 0.25) is 0 Å².